The second-order valence-corrected chi connectivity index (χ2v) is 4.34. The summed E-state index contributed by atoms with van der Waals surface area (Å²) in [5.41, 5.74) is 8.05. The molecule has 1 saturated heterocycles. The molecule has 1 atom stereocenters. The maximum atomic E-state index is 5.93. The van der Waals surface area contributed by atoms with E-state index in [4.69, 9.17) is 5.73 Å². The fraction of sp³-hybridized carbons (Fsp3) is 0.400. The van der Waals surface area contributed by atoms with Crippen molar-refractivity contribution in [3.8, 4) is 0 Å². The van der Waals surface area contributed by atoms with Crippen LogP contribution >= 0.6 is 15.9 Å². The van der Waals surface area contributed by atoms with Gasteiger partial charge >= 0.3 is 0 Å². The van der Waals surface area contributed by atoms with Gasteiger partial charge in [0.1, 0.15) is 0 Å². The van der Waals surface area contributed by atoms with Gasteiger partial charge in [0.15, 0.2) is 0 Å². The first kappa shape index (κ1) is 9.03. The molecule has 0 unspecified atom stereocenters. The number of nitrogen functional groups attached to an aromatic ring is 1. The molecule has 0 bridgehead atoms. The summed E-state index contributed by atoms with van der Waals surface area (Å²) in [4.78, 5) is 0. The highest BCUT2D eigenvalue weighted by Gasteiger charge is 2.17. The largest absolute Gasteiger partial charge is 0.398 e. The molecule has 13 heavy (non-hydrogen) atoms. The highest BCUT2D eigenvalue weighted by Crippen LogP contribution is 2.29. The zero-order valence-corrected chi connectivity index (χ0v) is 8.97. The summed E-state index contributed by atoms with van der Waals surface area (Å²) >= 11 is 3.40. The Hall–Kier alpha value is -0.540. The second-order valence-electron chi connectivity index (χ2n) is 3.42. The molecule has 2 rings (SSSR count). The lowest BCUT2D eigenvalue weighted by molar-refractivity contribution is 0.650. The Morgan fingerprint density at radius 2 is 2.31 bits per heavy atom. The van der Waals surface area contributed by atoms with Gasteiger partial charge in [-0.3, -0.25) is 0 Å². The highest BCUT2D eigenvalue weighted by molar-refractivity contribution is 9.10. The van der Waals surface area contributed by atoms with E-state index in [0.717, 1.165) is 16.7 Å². The fourth-order valence-electron chi connectivity index (χ4n) is 1.81. The Morgan fingerprint density at radius 3 is 2.92 bits per heavy atom. The summed E-state index contributed by atoms with van der Waals surface area (Å²) in [6, 6.07) is 6.58. The third-order valence-electron chi connectivity index (χ3n) is 2.48. The minimum atomic E-state index is 0.466. The lowest BCUT2D eigenvalue weighted by atomic mass is 10.0. The number of nitrogens with one attached hydrogen (secondary N) is 1. The van der Waals surface area contributed by atoms with E-state index in [1.54, 1.807) is 0 Å². The van der Waals surface area contributed by atoms with Gasteiger partial charge in [-0.25, -0.2) is 0 Å². The van der Waals surface area contributed by atoms with Gasteiger partial charge in [0.25, 0.3) is 0 Å². The van der Waals surface area contributed by atoms with Crippen molar-refractivity contribution < 1.29 is 0 Å². The van der Waals surface area contributed by atoms with Gasteiger partial charge in [-0.2, -0.15) is 0 Å². The summed E-state index contributed by atoms with van der Waals surface area (Å²) < 4.78 is 1.05. The van der Waals surface area contributed by atoms with Crippen LogP contribution in [0.1, 0.15) is 24.4 Å². The summed E-state index contributed by atoms with van der Waals surface area (Å²) in [6.45, 7) is 1.11. The Balaban J connectivity index is 2.29. The Morgan fingerprint density at radius 1 is 1.46 bits per heavy atom. The van der Waals surface area contributed by atoms with Crippen LogP contribution < -0.4 is 11.1 Å². The molecule has 0 aliphatic carbocycles. The SMILES string of the molecule is Nc1cc(Br)ccc1[C@H]1CCCN1. The van der Waals surface area contributed by atoms with E-state index >= 15 is 0 Å². The number of benzene rings is 1. The zero-order valence-electron chi connectivity index (χ0n) is 7.39. The van der Waals surface area contributed by atoms with Crippen molar-refractivity contribution in [2.24, 2.45) is 0 Å². The quantitative estimate of drug-likeness (QED) is 0.741. The number of rotatable bonds is 1. The number of nitrogens with two attached hydrogens (primary N) is 1. The van der Waals surface area contributed by atoms with Crippen LogP contribution in [0.5, 0.6) is 0 Å². The van der Waals surface area contributed by atoms with Crippen molar-refractivity contribution in [2.75, 3.05) is 12.3 Å². The van der Waals surface area contributed by atoms with Crippen molar-refractivity contribution in [3.05, 3.63) is 28.2 Å². The lowest BCUT2D eigenvalue weighted by Crippen LogP contribution is -2.14. The van der Waals surface area contributed by atoms with Crippen LogP contribution in [0.25, 0.3) is 0 Å². The molecule has 0 saturated carbocycles. The van der Waals surface area contributed by atoms with Crippen molar-refractivity contribution >= 4 is 21.6 Å². The normalized spacial score (nSPS) is 22.1. The van der Waals surface area contributed by atoms with Gasteiger partial charge in [0, 0.05) is 16.2 Å². The summed E-state index contributed by atoms with van der Waals surface area (Å²) in [7, 11) is 0. The van der Waals surface area contributed by atoms with Crippen molar-refractivity contribution in [1.29, 1.82) is 0 Å². The predicted octanol–water partition coefficient (Wildman–Crippen LogP) is 2.46. The predicted molar refractivity (Wildman–Crippen MR) is 58.5 cm³/mol. The van der Waals surface area contributed by atoms with E-state index in [9.17, 15) is 0 Å². The smallest absolute Gasteiger partial charge is 0.0373 e. The van der Waals surface area contributed by atoms with Crippen molar-refractivity contribution in [3.63, 3.8) is 0 Å². The number of halogens is 1. The van der Waals surface area contributed by atoms with E-state index < -0.39 is 0 Å². The van der Waals surface area contributed by atoms with Gasteiger partial charge in [-0.05, 0) is 37.1 Å². The van der Waals surface area contributed by atoms with Gasteiger partial charge in [0.2, 0.25) is 0 Å². The average molecular weight is 241 g/mol. The van der Waals surface area contributed by atoms with E-state index in [2.05, 4.69) is 27.3 Å². The van der Waals surface area contributed by atoms with Crippen molar-refractivity contribution in [2.45, 2.75) is 18.9 Å². The molecule has 0 spiro atoms. The molecule has 2 nitrogen and oxygen atoms in total. The second kappa shape index (κ2) is 3.68. The van der Waals surface area contributed by atoms with Crippen LogP contribution in [0.15, 0.2) is 22.7 Å². The molecule has 0 radical (unpaired) electrons. The number of hydrogen-bond donors (Lipinski definition) is 2. The fourth-order valence-corrected chi connectivity index (χ4v) is 2.19. The number of hydrogen-bond acceptors (Lipinski definition) is 2. The van der Waals surface area contributed by atoms with E-state index in [1.807, 2.05) is 12.1 Å². The average Bonchev–Trinajstić information content (AvgIpc) is 2.56. The third-order valence-corrected chi connectivity index (χ3v) is 2.98. The first-order chi connectivity index (χ1) is 6.27. The Labute approximate surface area is 86.6 Å². The third kappa shape index (κ3) is 1.86. The molecule has 3 heteroatoms. The van der Waals surface area contributed by atoms with E-state index in [0.29, 0.717) is 6.04 Å². The minimum Gasteiger partial charge on any atom is -0.398 e. The standard InChI is InChI=1S/C10H13BrN2/c11-7-3-4-8(9(12)6-7)10-2-1-5-13-10/h3-4,6,10,13H,1-2,5,12H2/t10-/m1/s1. The van der Waals surface area contributed by atoms with Gasteiger partial charge in [-0.1, -0.05) is 22.0 Å². The molecule has 1 aromatic rings. The molecule has 0 amide bonds. The lowest BCUT2D eigenvalue weighted by Gasteiger charge is -2.13. The molecule has 0 aromatic heterocycles. The molecule has 1 aromatic carbocycles. The van der Waals surface area contributed by atoms with Crippen LogP contribution in [-0.4, -0.2) is 6.54 Å². The topological polar surface area (TPSA) is 38.0 Å². The maximum Gasteiger partial charge on any atom is 0.0373 e. The number of anilines is 1. The first-order valence-corrected chi connectivity index (χ1v) is 5.35. The van der Waals surface area contributed by atoms with Crippen LogP contribution in [0.4, 0.5) is 5.69 Å². The van der Waals surface area contributed by atoms with Gasteiger partial charge in [0.05, 0.1) is 0 Å². The maximum absolute atomic E-state index is 5.93. The van der Waals surface area contributed by atoms with E-state index in [1.165, 1.54) is 18.4 Å². The molecule has 70 valence electrons. The van der Waals surface area contributed by atoms with Gasteiger partial charge < -0.3 is 11.1 Å². The monoisotopic (exact) mass is 240 g/mol. The van der Waals surface area contributed by atoms with Crippen LogP contribution in [-0.2, 0) is 0 Å². The van der Waals surface area contributed by atoms with Crippen LogP contribution in [0, 0.1) is 0 Å². The molecule has 1 aliphatic rings. The Bertz CT molecular complexity index is 306. The molecule has 3 N–H and O–H groups in total. The molecule has 1 aliphatic heterocycles. The Kier molecular flexibility index (Phi) is 2.56. The van der Waals surface area contributed by atoms with Crippen LogP contribution in [0.3, 0.4) is 0 Å². The van der Waals surface area contributed by atoms with Gasteiger partial charge in [-0.15, -0.1) is 0 Å². The highest BCUT2D eigenvalue weighted by atomic mass is 79.9. The summed E-state index contributed by atoms with van der Waals surface area (Å²) in [5.74, 6) is 0. The van der Waals surface area contributed by atoms with Crippen molar-refractivity contribution in [1.82, 2.24) is 5.32 Å². The summed E-state index contributed by atoms with van der Waals surface area (Å²) in [5, 5.41) is 3.44. The zero-order chi connectivity index (χ0) is 9.26. The van der Waals surface area contributed by atoms with E-state index in [-0.39, 0.29) is 0 Å². The molecule has 1 fully saturated rings. The summed E-state index contributed by atoms with van der Waals surface area (Å²) in [6.07, 6.45) is 2.45. The first-order valence-electron chi connectivity index (χ1n) is 4.55. The minimum absolute atomic E-state index is 0.466. The molecular formula is C10H13BrN2. The van der Waals surface area contributed by atoms with Crippen LogP contribution in [0.2, 0.25) is 0 Å². The molecular weight excluding hydrogens is 228 g/mol. The molecule has 1 heterocycles.